The summed E-state index contributed by atoms with van der Waals surface area (Å²) in [7, 11) is 0. The van der Waals surface area contributed by atoms with Gasteiger partial charge in [-0.3, -0.25) is 0 Å². The SMILES string of the molecule is O=C=C1CCC(c2cnc[nH]2)C1. The van der Waals surface area contributed by atoms with E-state index >= 15 is 0 Å². The van der Waals surface area contributed by atoms with Crippen LogP contribution in [0.3, 0.4) is 0 Å². The molecule has 1 saturated carbocycles. The predicted molar refractivity (Wildman–Crippen MR) is 44.4 cm³/mol. The Hall–Kier alpha value is -1.34. The van der Waals surface area contributed by atoms with E-state index in [4.69, 9.17) is 0 Å². The Bertz CT molecular complexity index is 309. The molecule has 1 aliphatic rings. The molecule has 3 nitrogen and oxygen atoms in total. The zero-order valence-corrected chi connectivity index (χ0v) is 6.71. The van der Waals surface area contributed by atoms with Crippen molar-refractivity contribution in [3.63, 3.8) is 0 Å². The van der Waals surface area contributed by atoms with Gasteiger partial charge in [-0.15, -0.1) is 0 Å². The molecule has 12 heavy (non-hydrogen) atoms. The Kier molecular flexibility index (Phi) is 1.80. The first-order valence-corrected chi connectivity index (χ1v) is 4.11. The number of aromatic nitrogens is 2. The highest BCUT2D eigenvalue weighted by molar-refractivity contribution is 5.53. The molecule has 3 heteroatoms. The highest BCUT2D eigenvalue weighted by Crippen LogP contribution is 2.35. The lowest BCUT2D eigenvalue weighted by molar-refractivity contribution is 0.566. The summed E-state index contributed by atoms with van der Waals surface area (Å²) in [5.74, 6) is 2.45. The zero-order valence-electron chi connectivity index (χ0n) is 6.71. The molecular formula is C9H10N2O. The Morgan fingerprint density at radius 2 is 2.58 bits per heavy atom. The van der Waals surface area contributed by atoms with E-state index in [1.807, 2.05) is 12.1 Å². The Labute approximate surface area is 70.5 Å². The summed E-state index contributed by atoms with van der Waals surface area (Å²) >= 11 is 0. The molecule has 0 aliphatic heterocycles. The average Bonchev–Trinajstić information content (AvgIpc) is 2.75. The molecule has 1 fully saturated rings. The van der Waals surface area contributed by atoms with E-state index in [0.717, 1.165) is 30.5 Å². The summed E-state index contributed by atoms with van der Waals surface area (Å²) in [4.78, 5) is 17.4. The van der Waals surface area contributed by atoms with Crippen molar-refractivity contribution in [3.05, 3.63) is 23.8 Å². The number of rotatable bonds is 1. The molecule has 1 unspecified atom stereocenters. The van der Waals surface area contributed by atoms with Gasteiger partial charge in [0.1, 0.15) is 5.94 Å². The number of hydrogen-bond acceptors (Lipinski definition) is 2. The Morgan fingerprint density at radius 3 is 3.17 bits per heavy atom. The second-order valence-electron chi connectivity index (χ2n) is 3.15. The number of nitrogens with one attached hydrogen (secondary N) is 1. The van der Waals surface area contributed by atoms with Gasteiger partial charge in [-0.25, -0.2) is 9.78 Å². The molecule has 1 aromatic rings. The van der Waals surface area contributed by atoms with E-state index in [1.165, 1.54) is 0 Å². The lowest BCUT2D eigenvalue weighted by atomic mass is 10.1. The molecular weight excluding hydrogens is 152 g/mol. The fourth-order valence-electron chi connectivity index (χ4n) is 1.70. The van der Waals surface area contributed by atoms with E-state index in [-0.39, 0.29) is 0 Å². The van der Waals surface area contributed by atoms with Crippen LogP contribution in [-0.4, -0.2) is 15.9 Å². The van der Waals surface area contributed by atoms with Crippen LogP contribution in [0.1, 0.15) is 30.9 Å². The van der Waals surface area contributed by atoms with Gasteiger partial charge in [0.25, 0.3) is 0 Å². The summed E-state index contributed by atoms with van der Waals surface area (Å²) in [5, 5.41) is 0. The van der Waals surface area contributed by atoms with Crippen molar-refractivity contribution in [2.45, 2.75) is 25.2 Å². The summed E-state index contributed by atoms with van der Waals surface area (Å²) in [6, 6.07) is 0. The quantitative estimate of drug-likeness (QED) is 0.635. The van der Waals surface area contributed by atoms with Gasteiger partial charge >= 0.3 is 0 Å². The van der Waals surface area contributed by atoms with Gasteiger partial charge in [-0.05, 0) is 19.3 Å². The van der Waals surface area contributed by atoms with Crippen LogP contribution >= 0.6 is 0 Å². The number of allylic oxidation sites excluding steroid dienone is 1. The topological polar surface area (TPSA) is 45.8 Å². The van der Waals surface area contributed by atoms with E-state index in [2.05, 4.69) is 9.97 Å². The van der Waals surface area contributed by atoms with Gasteiger partial charge in [-0.2, -0.15) is 0 Å². The van der Waals surface area contributed by atoms with Crippen LogP contribution in [0.4, 0.5) is 0 Å². The molecule has 0 spiro atoms. The maximum absolute atomic E-state index is 10.3. The zero-order chi connectivity index (χ0) is 8.39. The molecule has 1 N–H and O–H groups in total. The molecule has 1 aliphatic carbocycles. The standard InChI is InChI=1S/C9H10N2O/c12-5-7-1-2-8(3-7)9-4-10-6-11-9/h4,6,8H,1-3H2,(H,10,11). The molecule has 1 atom stereocenters. The van der Waals surface area contributed by atoms with Crippen molar-refractivity contribution in [2.75, 3.05) is 0 Å². The fourth-order valence-corrected chi connectivity index (χ4v) is 1.70. The number of aromatic amines is 1. The second-order valence-corrected chi connectivity index (χ2v) is 3.15. The van der Waals surface area contributed by atoms with Crippen molar-refractivity contribution in [3.8, 4) is 0 Å². The van der Waals surface area contributed by atoms with Crippen molar-refractivity contribution in [2.24, 2.45) is 0 Å². The molecule has 62 valence electrons. The monoisotopic (exact) mass is 162 g/mol. The first-order valence-electron chi connectivity index (χ1n) is 4.11. The van der Waals surface area contributed by atoms with Crippen molar-refractivity contribution >= 4 is 5.94 Å². The number of hydrogen-bond donors (Lipinski definition) is 1. The van der Waals surface area contributed by atoms with Crippen LogP contribution in [0.5, 0.6) is 0 Å². The summed E-state index contributed by atoms with van der Waals surface area (Å²) in [6.07, 6.45) is 6.31. The number of carbonyl (C=O) groups excluding carboxylic acids is 1. The average molecular weight is 162 g/mol. The third kappa shape index (κ3) is 1.19. The minimum atomic E-state index is 0.462. The van der Waals surface area contributed by atoms with Crippen LogP contribution in [0.15, 0.2) is 18.1 Å². The van der Waals surface area contributed by atoms with Crippen LogP contribution < -0.4 is 0 Å². The van der Waals surface area contributed by atoms with Gasteiger partial charge in [0.15, 0.2) is 0 Å². The molecule has 0 bridgehead atoms. The highest BCUT2D eigenvalue weighted by Gasteiger charge is 2.22. The van der Waals surface area contributed by atoms with Crippen molar-refractivity contribution in [1.82, 2.24) is 9.97 Å². The molecule has 0 saturated heterocycles. The van der Waals surface area contributed by atoms with Crippen LogP contribution in [-0.2, 0) is 4.79 Å². The first kappa shape index (κ1) is 7.32. The molecule has 0 aromatic carbocycles. The smallest absolute Gasteiger partial charge is 0.123 e. The summed E-state index contributed by atoms with van der Waals surface area (Å²) in [6.45, 7) is 0. The summed E-state index contributed by atoms with van der Waals surface area (Å²) < 4.78 is 0. The highest BCUT2D eigenvalue weighted by atomic mass is 16.1. The molecule has 2 rings (SSSR count). The van der Waals surface area contributed by atoms with Crippen LogP contribution in [0.25, 0.3) is 0 Å². The third-order valence-corrected chi connectivity index (χ3v) is 2.39. The van der Waals surface area contributed by atoms with E-state index in [9.17, 15) is 4.79 Å². The second kappa shape index (κ2) is 2.95. The summed E-state index contributed by atoms with van der Waals surface area (Å²) in [5.41, 5.74) is 2.05. The lowest BCUT2D eigenvalue weighted by Gasteiger charge is -2.02. The van der Waals surface area contributed by atoms with Gasteiger partial charge in [0, 0.05) is 23.4 Å². The Balaban J connectivity index is 2.15. The van der Waals surface area contributed by atoms with E-state index in [0.29, 0.717) is 5.92 Å². The molecule has 0 radical (unpaired) electrons. The maximum atomic E-state index is 10.3. The number of H-pyrrole nitrogens is 1. The van der Waals surface area contributed by atoms with Gasteiger partial charge in [0.05, 0.1) is 6.33 Å². The predicted octanol–water partition coefficient (Wildman–Crippen LogP) is 1.44. The molecule has 1 heterocycles. The van der Waals surface area contributed by atoms with Gasteiger partial charge in [0.2, 0.25) is 0 Å². The normalized spacial score (nSPS) is 22.7. The third-order valence-electron chi connectivity index (χ3n) is 2.39. The maximum Gasteiger partial charge on any atom is 0.123 e. The first-order chi connectivity index (χ1) is 5.90. The number of nitrogens with zero attached hydrogens (tertiary/aromatic N) is 1. The van der Waals surface area contributed by atoms with Crippen LogP contribution in [0, 0.1) is 0 Å². The van der Waals surface area contributed by atoms with Gasteiger partial charge in [-0.1, -0.05) is 0 Å². The lowest BCUT2D eigenvalue weighted by Crippen LogP contribution is -1.91. The van der Waals surface area contributed by atoms with E-state index < -0.39 is 0 Å². The molecule has 0 amide bonds. The van der Waals surface area contributed by atoms with E-state index in [1.54, 1.807) is 6.33 Å². The fraction of sp³-hybridized carbons (Fsp3) is 0.444. The Morgan fingerprint density at radius 1 is 1.67 bits per heavy atom. The van der Waals surface area contributed by atoms with Gasteiger partial charge < -0.3 is 4.98 Å². The van der Waals surface area contributed by atoms with Crippen molar-refractivity contribution in [1.29, 1.82) is 0 Å². The molecule has 1 aromatic heterocycles. The number of imidazole rings is 1. The minimum Gasteiger partial charge on any atom is -0.348 e. The van der Waals surface area contributed by atoms with Crippen LogP contribution in [0.2, 0.25) is 0 Å². The minimum absolute atomic E-state index is 0.462. The van der Waals surface area contributed by atoms with Crippen molar-refractivity contribution < 1.29 is 4.79 Å². The largest absolute Gasteiger partial charge is 0.348 e.